The van der Waals surface area contributed by atoms with Gasteiger partial charge in [0.05, 0.1) is 18.8 Å². The number of fused-ring (bicyclic) bond motifs is 1. The highest BCUT2D eigenvalue weighted by Crippen LogP contribution is 2.35. The summed E-state index contributed by atoms with van der Waals surface area (Å²) < 4.78 is 4.71. The van der Waals surface area contributed by atoms with Crippen molar-refractivity contribution in [3.8, 4) is 0 Å². The molecule has 4 nitrogen and oxygen atoms in total. The molecule has 0 N–H and O–H groups in total. The monoisotopic (exact) mass is 313 g/mol. The van der Waals surface area contributed by atoms with Crippen LogP contribution in [0.25, 0.3) is 0 Å². The van der Waals surface area contributed by atoms with Crippen molar-refractivity contribution in [3.05, 3.63) is 0 Å². The van der Waals surface area contributed by atoms with E-state index in [-0.39, 0.29) is 17.8 Å². The van der Waals surface area contributed by atoms with Gasteiger partial charge in [0.15, 0.2) is 0 Å². The minimum atomic E-state index is -0.194. The minimum Gasteiger partial charge on any atom is -0.469 e. The van der Waals surface area contributed by atoms with Gasteiger partial charge in [-0.1, -0.05) is 19.8 Å². The molecule has 1 amide bonds. The van der Waals surface area contributed by atoms with Gasteiger partial charge in [-0.05, 0) is 31.6 Å². The number of piperidine rings is 1. The van der Waals surface area contributed by atoms with E-state index in [9.17, 15) is 9.59 Å². The van der Waals surface area contributed by atoms with Crippen LogP contribution in [-0.2, 0) is 14.3 Å². The predicted octanol–water partition coefficient (Wildman–Crippen LogP) is 2.71. The van der Waals surface area contributed by atoms with Gasteiger partial charge in [0.2, 0.25) is 5.91 Å². The third-order valence-corrected chi connectivity index (χ3v) is 5.95. The Labute approximate surface area is 132 Å². The first-order valence-corrected chi connectivity index (χ1v) is 9.24. The second kappa shape index (κ2) is 8.06. The van der Waals surface area contributed by atoms with Crippen LogP contribution in [0.5, 0.6) is 0 Å². The van der Waals surface area contributed by atoms with Crippen molar-refractivity contribution < 1.29 is 14.3 Å². The zero-order chi connectivity index (χ0) is 15.2. The van der Waals surface area contributed by atoms with Crippen LogP contribution in [0.15, 0.2) is 0 Å². The van der Waals surface area contributed by atoms with Gasteiger partial charge in [-0.15, -0.1) is 0 Å². The summed E-state index contributed by atoms with van der Waals surface area (Å²) in [6.45, 7) is 2.77. The molecule has 0 aromatic rings. The second-order valence-electron chi connectivity index (χ2n) is 6.28. The summed E-state index contributed by atoms with van der Waals surface area (Å²) in [5.74, 6) is 1.80. The highest BCUT2D eigenvalue weighted by molar-refractivity contribution is 7.99. The van der Waals surface area contributed by atoms with Gasteiger partial charge in [0.25, 0.3) is 0 Å². The number of hydrogen-bond acceptors (Lipinski definition) is 4. The number of likely N-dealkylation sites (tertiary alicyclic amines) is 1. The molecule has 1 heterocycles. The number of esters is 1. The van der Waals surface area contributed by atoms with E-state index in [0.717, 1.165) is 18.9 Å². The molecule has 3 unspecified atom stereocenters. The standard InChI is InChI=1S/C16H27NO3S/c1-12(16(19)20-2)10-21-11-15(18)17-9-5-7-13-6-3-4-8-14(13)17/h12-14H,3-11H2,1-2H3. The quantitative estimate of drug-likeness (QED) is 0.732. The molecule has 1 saturated carbocycles. The Morgan fingerprint density at radius 2 is 1.95 bits per heavy atom. The maximum Gasteiger partial charge on any atom is 0.309 e. The number of nitrogens with zero attached hydrogens (tertiary/aromatic N) is 1. The molecule has 5 heteroatoms. The molecule has 1 aliphatic carbocycles. The molecule has 2 fully saturated rings. The molecule has 0 aromatic carbocycles. The Kier molecular flexibility index (Phi) is 6.40. The van der Waals surface area contributed by atoms with E-state index in [1.54, 1.807) is 11.8 Å². The van der Waals surface area contributed by atoms with E-state index in [2.05, 4.69) is 4.90 Å². The zero-order valence-corrected chi connectivity index (χ0v) is 14.0. The molecule has 2 rings (SSSR count). The van der Waals surface area contributed by atoms with Crippen molar-refractivity contribution in [3.63, 3.8) is 0 Å². The van der Waals surface area contributed by atoms with Crippen molar-refractivity contribution in [2.45, 2.75) is 51.5 Å². The lowest BCUT2D eigenvalue weighted by molar-refractivity contribution is -0.144. The Balaban J connectivity index is 1.78. The summed E-state index contributed by atoms with van der Waals surface area (Å²) in [4.78, 5) is 25.9. The molecular formula is C16H27NO3S. The lowest BCUT2D eigenvalue weighted by Crippen LogP contribution is -2.50. The van der Waals surface area contributed by atoms with E-state index in [1.807, 2.05) is 6.92 Å². The van der Waals surface area contributed by atoms with Crippen LogP contribution < -0.4 is 0 Å². The summed E-state index contributed by atoms with van der Waals surface area (Å²) in [6.07, 6.45) is 7.50. The molecule has 3 atom stereocenters. The van der Waals surface area contributed by atoms with Crippen LogP contribution in [0.1, 0.15) is 45.4 Å². The van der Waals surface area contributed by atoms with Gasteiger partial charge >= 0.3 is 5.97 Å². The number of hydrogen-bond donors (Lipinski definition) is 0. The lowest BCUT2D eigenvalue weighted by atomic mass is 9.78. The first kappa shape index (κ1) is 16.7. The smallest absolute Gasteiger partial charge is 0.309 e. The fourth-order valence-corrected chi connectivity index (χ4v) is 4.56. The fourth-order valence-electron chi connectivity index (χ4n) is 3.61. The average Bonchev–Trinajstić information content (AvgIpc) is 2.53. The number of methoxy groups -OCH3 is 1. The Morgan fingerprint density at radius 1 is 1.24 bits per heavy atom. The molecule has 0 spiro atoms. The maximum absolute atomic E-state index is 12.5. The number of amides is 1. The molecule has 2 aliphatic rings. The van der Waals surface area contributed by atoms with E-state index in [0.29, 0.717) is 17.5 Å². The van der Waals surface area contributed by atoms with Crippen LogP contribution in [0.2, 0.25) is 0 Å². The van der Waals surface area contributed by atoms with Gasteiger partial charge in [0, 0.05) is 18.3 Å². The van der Waals surface area contributed by atoms with Gasteiger partial charge in [-0.3, -0.25) is 9.59 Å². The Bertz CT molecular complexity index is 373. The summed E-state index contributed by atoms with van der Waals surface area (Å²) in [5.41, 5.74) is 0. The molecule has 0 aromatic heterocycles. The van der Waals surface area contributed by atoms with Gasteiger partial charge in [-0.25, -0.2) is 0 Å². The van der Waals surface area contributed by atoms with Crippen LogP contribution in [0, 0.1) is 11.8 Å². The number of carbonyl (C=O) groups is 2. The first-order chi connectivity index (χ1) is 10.1. The second-order valence-corrected chi connectivity index (χ2v) is 7.31. The normalized spacial score (nSPS) is 26.9. The van der Waals surface area contributed by atoms with E-state index in [1.165, 1.54) is 39.2 Å². The topological polar surface area (TPSA) is 46.6 Å². The number of thioether (sulfide) groups is 1. The molecule has 1 saturated heterocycles. The Hall–Kier alpha value is -0.710. The largest absolute Gasteiger partial charge is 0.469 e. The molecular weight excluding hydrogens is 286 g/mol. The molecule has 21 heavy (non-hydrogen) atoms. The maximum atomic E-state index is 12.5. The molecule has 1 aliphatic heterocycles. The third-order valence-electron chi connectivity index (χ3n) is 4.76. The predicted molar refractivity (Wildman–Crippen MR) is 85.2 cm³/mol. The van der Waals surface area contributed by atoms with Gasteiger partial charge in [0.1, 0.15) is 0 Å². The summed E-state index contributed by atoms with van der Waals surface area (Å²) in [6, 6.07) is 0.485. The number of carbonyl (C=O) groups excluding carboxylic acids is 2. The zero-order valence-electron chi connectivity index (χ0n) is 13.2. The van der Waals surface area contributed by atoms with Crippen molar-refractivity contribution in [1.82, 2.24) is 4.90 Å². The van der Waals surface area contributed by atoms with Crippen molar-refractivity contribution >= 4 is 23.6 Å². The van der Waals surface area contributed by atoms with Crippen LogP contribution in [-0.4, -0.2) is 48.0 Å². The van der Waals surface area contributed by atoms with Crippen molar-refractivity contribution in [2.75, 3.05) is 25.2 Å². The highest BCUT2D eigenvalue weighted by Gasteiger charge is 2.35. The molecule has 120 valence electrons. The van der Waals surface area contributed by atoms with E-state index < -0.39 is 0 Å². The SMILES string of the molecule is COC(=O)C(C)CSCC(=O)N1CCCC2CCCCC21. The summed E-state index contributed by atoms with van der Waals surface area (Å²) in [5, 5.41) is 0. The van der Waals surface area contributed by atoms with E-state index in [4.69, 9.17) is 4.74 Å². The number of ether oxygens (including phenoxy) is 1. The molecule has 0 bridgehead atoms. The van der Waals surface area contributed by atoms with Crippen molar-refractivity contribution in [1.29, 1.82) is 0 Å². The lowest BCUT2D eigenvalue weighted by Gasteiger charge is -2.44. The summed E-state index contributed by atoms with van der Waals surface area (Å²) in [7, 11) is 1.41. The first-order valence-electron chi connectivity index (χ1n) is 8.08. The fraction of sp³-hybridized carbons (Fsp3) is 0.875. The van der Waals surface area contributed by atoms with Crippen molar-refractivity contribution in [2.24, 2.45) is 11.8 Å². The van der Waals surface area contributed by atoms with Crippen LogP contribution in [0.4, 0.5) is 0 Å². The minimum absolute atomic E-state index is 0.142. The molecule has 0 radical (unpaired) electrons. The van der Waals surface area contributed by atoms with Gasteiger partial charge < -0.3 is 9.64 Å². The number of rotatable bonds is 5. The third kappa shape index (κ3) is 4.38. The van der Waals surface area contributed by atoms with Gasteiger partial charge in [-0.2, -0.15) is 11.8 Å². The summed E-state index contributed by atoms with van der Waals surface area (Å²) >= 11 is 1.55. The Morgan fingerprint density at radius 3 is 2.71 bits per heavy atom. The van der Waals surface area contributed by atoms with Crippen LogP contribution in [0.3, 0.4) is 0 Å². The average molecular weight is 313 g/mol. The highest BCUT2D eigenvalue weighted by atomic mass is 32.2. The van der Waals surface area contributed by atoms with Crippen LogP contribution >= 0.6 is 11.8 Å². The van der Waals surface area contributed by atoms with E-state index >= 15 is 0 Å².